The van der Waals surface area contributed by atoms with Crippen molar-refractivity contribution in [2.24, 2.45) is 7.05 Å². The van der Waals surface area contributed by atoms with Gasteiger partial charge in [-0.15, -0.1) is 0 Å². The van der Waals surface area contributed by atoms with E-state index in [1.165, 1.54) is 17.9 Å². The number of hydrogen-bond donors (Lipinski definition) is 0. The average molecular weight is 287 g/mol. The van der Waals surface area contributed by atoms with Gasteiger partial charge < -0.3 is 0 Å². The highest BCUT2D eigenvalue weighted by Gasteiger charge is 2.48. The summed E-state index contributed by atoms with van der Waals surface area (Å²) < 4.78 is 27.0. The Morgan fingerprint density at radius 1 is 1.44 bits per heavy atom. The zero-order chi connectivity index (χ0) is 13.1. The molecule has 1 fully saturated rings. The van der Waals surface area contributed by atoms with Gasteiger partial charge in [-0.25, -0.2) is 14.4 Å². The monoisotopic (exact) mass is 287 g/mol. The van der Waals surface area contributed by atoms with Crippen LogP contribution in [0.3, 0.4) is 0 Å². The second-order valence-corrected chi connectivity index (χ2v) is 6.88. The summed E-state index contributed by atoms with van der Waals surface area (Å²) in [5.41, 5.74) is -1.69. The van der Waals surface area contributed by atoms with Crippen molar-refractivity contribution >= 4 is 32.5 Å². The highest BCUT2D eigenvalue weighted by molar-refractivity contribution is 7.86. The van der Waals surface area contributed by atoms with Crippen molar-refractivity contribution in [3.63, 3.8) is 0 Å². The molecular weight excluding hydrogens is 277 g/mol. The van der Waals surface area contributed by atoms with Crippen LogP contribution in [0.25, 0.3) is 10.3 Å². The minimum Gasteiger partial charge on any atom is -0.295 e. The summed E-state index contributed by atoms with van der Waals surface area (Å²) in [7, 11) is 0.229. The van der Waals surface area contributed by atoms with Crippen LogP contribution in [0.4, 0.5) is 4.39 Å². The number of halogens is 1. The molecule has 1 saturated carbocycles. The van der Waals surface area contributed by atoms with Crippen LogP contribution >= 0.6 is 11.3 Å². The van der Waals surface area contributed by atoms with Gasteiger partial charge in [0.05, 0.1) is 10.8 Å². The summed E-state index contributed by atoms with van der Waals surface area (Å²) in [6.07, 6.45) is 2.27. The van der Waals surface area contributed by atoms with Crippen molar-refractivity contribution in [1.82, 2.24) is 14.5 Å². The zero-order valence-corrected chi connectivity index (χ0v) is 11.4. The van der Waals surface area contributed by atoms with Crippen LogP contribution in [-0.2, 0) is 23.5 Å². The Morgan fingerprint density at radius 2 is 2.11 bits per heavy atom. The smallest absolute Gasteiger partial charge is 0.280 e. The molecule has 96 valence electrons. The van der Waals surface area contributed by atoms with Crippen molar-refractivity contribution in [3.05, 3.63) is 16.2 Å². The normalized spacial score (nSPS) is 19.1. The fraction of sp³-hybridized carbons (Fsp3) is 0.500. The maximum Gasteiger partial charge on any atom is 0.280 e. The molecule has 0 aliphatic heterocycles. The van der Waals surface area contributed by atoms with Crippen LogP contribution in [0, 0.1) is 0 Å². The lowest BCUT2D eigenvalue weighted by Gasteiger charge is -2.09. The number of rotatable bonds is 2. The van der Waals surface area contributed by atoms with Gasteiger partial charge in [0.25, 0.3) is 5.56 Å². The number of alkyl halides is 1. The number of hydrogen-bond acceptors (Lipinski definition) is 5. The number of nitrogens with zero attached hydrogens (tertiary/aromatic N) is 3. The molecule has 1 atom stereocenters. The van der Waals surface area contributed by atoms with Crippen LogP contribution in [0.5, 0.6) is 0 Å². The van der Waals surface area contributed by atoms with Gasteiger partial charge in [0.15, 0.2) is 26.2 Å². The Morgan fingerprint density at radius 3 is 2.67 bits per heavy atom. The van der Waals surface area contributed by atoms with E-state index in [4.69, 9.17) is 0 Å². The molecule has 3 rings (SSSR count). The Hall–Kier alpha value is -1.15. The first-order valence-electron chi connectivity index (χ1n) is 5.33. The predicted molar refractivity (Wildman–Crippen MR) is 67.0 cm³/mol. The lowest BCUT2D eigenvalue weighted by molar-refractivity contribution is 0.290. The van der Waals surface area contributed by atoms with Crippen LogP contribution in [-0.4, -0.2) is 25.0 Å². The molecule has 2 heterocycles. The van der Waals surface area contributed by atoms with Gasteiger partial charge in [0.1, 0.15) is 0 Å². The molecule has 1 aliphatic rings. The first-order valence-corrected chi connectivity index (χ1v) is 7.70. The van der Waals surface area contributed by atoms with Crippen molar-refractivity contribution < 1.29 is 8.60 Å². The Balaban J connectivity index is 2.33. The van der Waals surface area contributed by atoms with Crippen molar-refractivity contribution in [1.29, 1.82) is 0 Å². The van der Waals surface area contributed by atoms with E-state index in [9.17, 15) is 13.4 Å². The zero-order valence-electron chi connectivity index (χ0n) is 9.77. The third-order valence-electron chi connectivity index (χ3n) is 2.96. The summed E-state index contributed by atoms with van der Waals surface area (Å²) >= 11 is 1.08. The lowest BCUT2D eigenvalue weighted by Crippen LogP contribution is -2.25. The van der Waals surface area contributed by atoms with Crippen molar-refractivity contribution in [3.8, 4) is 0 Å². The fourth-order valence-electron chi connectivity index (χ4n) is 1.79. The molecular formula is C10H10FN3O2S2. The maximum atomic E-state index is 14.1. The molecule has 0 amide bonds. The second kappa shape index (κ2) is 3.67. The highest BCUT2D eigenvalue weighted by atomic mass is 32.2. The number of thiazole rings is 1. The predicted octanol–water partition coefficient (Wildman–Crippen LogP) is 1.09. The summed E-state index contributed by atoms with van der Waals surface area (Å²) in [5, 5.41) is 0. The molecule has 0 radical (unpaired) electrons. The molecule has 1 unspecified atom stereocenters. The Kier molecular flexibility index (Phi) is 2.43. The summed E-state index contributed by atoms with van der Waals surface area (Å²) in [5.74, 6) is 0.150. The van der Waals surface area contributed by atoms with Crippen LogP contribution in [0.1, 0.15) is 18.7 Å². The maximum absolute atomic E-state index is 14.1. The third-order valence-corrected chi connectivity index (χ3v) is 5.24. The van der Waals surface area contributed by atoms with Gasteiger partial charge in [-0.2, -0.15) is 0 Å². The Labute approximate surface area is 108 Å². The van der Waals surface area contributed by atoms with E-state index < -0.39 is 16.5 Å². The van der Waals surface area contributed by atoms with E-state index in [2.05, 4.69) is 9.97 Å². The van der Waals surface area contributed by atoms with Crippen molar-refractivity contribution in [2.45, 2.75) is 22.9 Å². The third kappa shape index (κ3) is 1.63. The topological polar surface area (TPSA) is 64.8 Å². The molecule has 0 saturated heterocycles. The number of aromatic nitrogens is 3. The van der Waals surface area contributed by atoms with Gasteiger partial charge in [-0.05, 0) is 12.8 Å². The van der Waals surface area contributed by atoms with E-state index in [-0.39, 0.29) is 16.9 Å². The van der Waals surface area contributed by atoms with Crippen molar-refractivity contribution in [2.75, 3.05) is 6.26 Å². The highest BCUT2D eigenvalue weighted by Crippen LogP contribution is 2.48. The Bertz CT molecular complexity index is 733. The standard InChI is InChI=1S/C10H10FN3O2S2/c1-14-7(15)5-6(17-9(12-5)18(2)16)13-8(14)10(11)3-4-10/h3-4H2,1-2H3. The summed E-state index contributed by atoms with van der Waals surface area (Å²) in [6, 6.07) is 0. The van der Waals surface area contributed by atoms with Crippen LogP contribution < -0.4 is 5.56 Å². The molecule has 18 heavy (non-hydrogen) atoms. The summed E-state index contributed by atoms with van der Waals surface area (Å²) in [6.45, 7) is 0. The van der Waals surface area contributed by atoms with Crippen LogP contribution in [0.2, 0.25) is 0 Å². The average Bonchev–Trinajstić information content (AvgIpc) is 2.91. The molecule has 5 nitrogen and oxygen atoms in total. The summed E-state index contributed by atoms with van der Waals surface area (Å²) in [4.78, 5) is 20.6. The van der Waals surface area contributed by atoms with Gasteiger partial charge in [0, 0.05) is 13.3 Å². The fourth-order valence-corrected chi connectivity index (χ4v) is 3.38. The molecule has 2 aromatic heterocycles. The first-order chi connectivity index (χ1) is 8.42. The second-order valence-electron chi connectivity index (χ2n) is 4.35. The SMILES string of the molecule is Cn1c(C2(F)CC2)nc2sc(S(C)=O)nc2c1=O. The molecule has 0 spiro atoms. The first kappa shape index (κ1) is 11.9. The van der Waals surface area contributed by atoms with E-state index in [0.29, 0.717) is 22.0 Å². The van der Waals surface area contributed by atoms with Gasteiger partial charge in [-0.1, -0.05) is 11.3 Å². The van der Waals surface area contributed by atoms with Gasteiger partial charge in [-0.3, -0.25) is 13.6 Å². The van der Waals surface area contributed by atoms with E-state index >= 15 is 0 Å². The molecule has 8 heteroatoms. The quantitative estimate of drug-likeness (QED) is 0.829. The molecule has 2 aromatic rings. The van der Waals surface area contributed by atoms with E-state index in [1.807, 2.05) is 0 Å². The minimum absolute atomic E-state index is 0.150. The molecule has 1 aliphatic carbocycles. The number of fused-ring (bicyclic) bond motifs is 1. The minimum atomic E-state index is -1.47. The molecule has 0 aromatic carbocycles. The van der Waals surface area contributed by atoms with Crippen LogP contribution in [0.15, 0.2) is 9.13 Å². The largest absolute Gasteiger partial charge is 0.295 e. The van der Waals surface area contributed by atoms with Gasteiger partial charge >= 0.3 is 0 Å². The lowest BCUT2D eigenvalue weighted by atomic mass is 10.3. The van der Waals surface area contributed by atoms with E-state index in [1.54, 1.807) is 0 Å². The van der Waals surface area contributed by atoms with Gasteiger partial charge in [0.2, 0.25) is 0 Å². The molecule has 0 bridgehead atoms. The van der Waals surface area contributed by atoms with E-state index in [0.717, 1.165) is 11.3 Å². The molecule has 0 N–H and O–H groups in total.